The largest absolute Gasteiger partial charge is 0.125 e. The minimum Gasteiger partial charge on any atom is -0.125 e. The van der Waals surface area contributed by atoms with Crippen molar-refractivity contribution >= 4 is 0 Å². The maximum Gasteiger partial charge on any atom is -0.0206 e. The molecular formula is C16H18. The van der Waals surface area contributed by atoms with Gasteiger partial charge in [0, 0.05) is 0 Å². The van der Waals surface area contributed by atoms with E-state index in [4.69, 9.17) is 0 Å². The first-order valence-electron chi connectivity index (χ1n) is 6.07. The molecule has 0 N–H and O–H groups in total. The van der Waals surface area contributed by atoms with Gasteiger partial charge in [-0.05, 0) is 49.3 Å². The van der Waals surface area contributed by atoms with Gasteiger partial charge in [-0.3, -0.25) is 0 Å². The molecule has 0 aromatic heterocycles. The molecule has 1 aliphatic rings. The first kappa shape index (κ1) is 11.0. The van der Waals surface area contributed by atoms with Crippen molar-refractivity contribution in [1.82, 2.24) is 0 Å². The van der Waals surface area contributed by atoms with Crippen LogP contribution in [0.15, 0.2) is 60.4 Å². The van der Waals surface area contributed by atoms with Crippen LogP contribution in [0.2, 0.25) is 0 Å². The van der Waals surface area contributed by atoms with Gasteiger partial charge in [-0.15, -0.1) is 5.73 Å². The SMILES string of the molecule is C(=C/C=C/C1CC1)=CCCc1ccccc1. The van der Waals surface area contributed by atoms with E-state index >= 15 is 0 Å². The lowest BCUT2D eigenvalue weighted by Crippen LogP contribution is -1.80. The third-order valence-electron chi connectivity index (χ3n) is 2.74. The first-order chi connectivity index (χ1) is 7.95. The van der Waals surface area contributed by atoms with E-state index in [1.807, 2.05) is 6.08 Å². The number of hydrogen-bond acceptors (Lipinski definition) is 0. The Hall–Kier alpha value is -1.52. The third kappa shape index (κ3) is 4.33. The fourth-order valence-electron chi connectivity index (χ4n) is 1.59. The summed E-state index contributed by atoms with van der Waals surface area (Å²) in [7, 11) is 0. The lowest BCUT2D eigenvalue weighted by Gasteiger charge is -1.94. The van der Waals surface area contributed by atoms with Crippen LogP contribution in [0.1, 0.15) is 24.8 Å². The van der Waals surface area contributed by atoms with Gasteiger partial charge in [-0.2, -0.15) is 0 Å². The Balaban J connectivity index is 1.68. The van der Waals surface area contributed by atoms with Crippen molar-refractivity contribution in [3.63, 3.8) is 0 Å². The molecule has 0 heterocycles. The molecule has 0 atom stereocenters. The highest BCUT2D eigenvalue weighted by molar-refractivity contribution is 5.15. The summed E-state index contributed by atoms with van der Waals surface area (Å²) in [5, 5.41) is 0. The van der Waals surface area contributed by atoms with Gasteiger partial charge in [-0.1, -0.05) is 42.5 Å². The molecule has 1 saturated carbocycles. The van der Waals surface area contributed by atoms with Crippen molar-refractivity contribution in [3.8, 4) is 0 Å². The minimum atomic E-state index is 0.863. The van der Waals surface area contributed by atoms with E-state index in [9.17, 15) is 0 Å². The van der Waals surface area contributed by atoms with Crippen LogP contribution >= 0.6 is 0 Å². The van der Waals surface area contributed by atoms with Crippen LogP contribution in [0.25, 0.3) is 0 Å². The molecule has 1 aromatic rings. The van der Waals surface area contributed by atoms with Crippen LogP contribution in [0.3, 0.4) is 0 Å². The average Bonchev–Trinajstić information content (AvgIpc) is 3.13. The average molecular weight is 210 g/mol. The molecule has 0 nitrogen and oxygen atoms in total. The monoisotopic (exact) mass is 210 g/mol. The van der Waals surface area contributed by atoms with Gasteiger partial charge in [0.2, 0.25) is 0 Å². The Labute approximate surface area is 98.0 Å². The predicted molar refractivity (Wildman–Crippen MR) is 69.3 cm³/mol. The normalized spacial score (nSPS) is 14.8. The van der Waals surface area contributed by atoms with Gasteiger partial charge in [0.05, 0.1) is 0 Å². The van der Waals surface area contributed by atoms with Crippen molar-refractivity contribution in [1.29, 1.82) is 0 Å². The molecule has 0 bridgehead atoms. The summed E-state index contributed by atoms with van der Waals surface area (Å²) in [6.07, 6.45) is 13.5. The van der Waals surface area contributed by atoms with Crippen LogP contribution in [0, 0.1) is 5.92 Å². The highest BCUT2D eigenvalue weighted by Gasteiger charge is 2.16. The van der Waals surface area contributed by atoms with Crippen molar-refractivity contribution in [2.75, 3.05) is 0 Å². The molecule has 0 radical (unpaired) electrons. The molecule has 0 heteroatoms. The molecule has 0 unspecified atom stereocenters. The minimum absolute atomic E-state index is 0.863. The third-order valence-corrected chi connectivity index (χ3v) is 2.74. The van der Waals surface area contributed by atoms with Crippen molar-refractivity contribution in [2.24, 2.45) is 5.92 Å². The Morgan fingerprint density at radius 1 is 1.19 bits per heavy atom. The number of rotatable bonds is 5. The van der Waals surface area contributed by atoms with Crippen molar-refractivity contribution in [3.05, 3.63) is 65.9 Å². The summed E-state index contributed by atoms with van der Waals surface area (Å²) in [4.78, 5) is 0. The van der Waals surface area contributed by atoms with Crippen LogP contribution in [0.5, 0.6) is 0 Å². The first-order valence-corrected chi connectivity index (χ1v) is 6.07. The van der Waals surface area contributed by atoms with Crippen molar-refractivity contribution < 1.29 is 0 Å². The van der Waals surface area contributed by atoms with Gasteiger partial charge < -0.3 is 0 Å². The molecule has 0 aliphatic heterocycles. The van der Waals surface area contributed by atoms with E-state index in [1.165, 1.54) is 18.4 Å². The summed E-state index contributed by atoms with van der Waals surface area (Å²) in [5.74, 6) is 0.863. The van der Waals surface area contributed by atoms with E-state index in [0.29, 0.717) is 0 Å². The lowest BCUT2D eigenvalue weighted by molar-refractivity contribution is 1.00. The highest BCUT2D eigenvalue weighted by atomic mass is 14.2. The van der Waals surface area contributed by atoms with E-state index in [-0.39, 0.29) is 0 Å². The molecule has 0 amide bonds. The van der Waals surface area contributed by atoms with Gasteiger partial charge in [0.15, 0.2) is 0 Å². The molecule has 0 saturated heterocycles. The molecule has 16 heavy (non-hydrogen) atoms. The smallest absolute Gasteiger partial charge is 0.0206 e. The van der Waals surface area contributed by atoms with Crippen LogP contribution in [-0.4, -0.2) is 0 Å². The van der Waals surface area contributed by atoms with E-state index in [0.717, 1.165) is 18.8 Å². The molecule has 1 aromatic carbocycles. The number of aryl methyl sites for hydroxylation is 1. The second-order valence-corrected chi connectivity index (χ2v) is 4.28. The van der Waals surface area contributed by atoms with Gasteiger partial charge in [0.1, 0.15) is 0 Å². The second kappa shape index (κ2) is 6.15. The van der Waals surface area contributed by atoms with Crippen LogP contribution in [-0.2, 0) is 6.42 Å². The van der Waals surface area contributed by atoms with Gasteiger partial charge in [-0.25, -0.2) is 0 Å². The molecule has 1 fully saturated rings. The maximum atomic E-state index is 3.20. The maximum absolute atomic E-state index is 3.20. The fraction of sp³-hybridized carbons (Fsp3) is 0.312. The number of benzene rings is 1. The summed E-state index contributed by atoms with van der Waals surface area (Å²) in [6, 6.07) is 10.6. The number of hydrogen-bond donors (Lipinski definition) is 0. The Morgan fingerprint density at radius 3 is 2.75 bits per heavy atom. The molecular weight excluding hydrogens is 192 g/mol. The van der Waals surface area contributed by atoms with E-state index < -0.39 is 0 Å². The molecule has 1 aliphatic carbocycles. The van der Waals surface area contributed by atoms with Crippen molar-refractivity contribution in [2.45, 2.75) is 25.7 Å². The Bertz CT molecular complexity index is 387. The summed E-state index contributed by atoms with van der Waals surface area (Å²) in [6.45, 7) is 0. The van der Waals surface area contributed by atoms with Gasteiger partial charge >= 0.3 is 0 Å². The highest BCUT2D eigenvalue weighted by Crippen LogP contribution is 2.29. The zero-order valence-corrected chi connectivity index (χ0v) is 9.60. The zero-order valence-electron chi connectivity index (χ0n) is 9.60. The summed E-state index contributed by atoms with van der Waals surface area (Å²) in [5.41, 5.74) is 4.60. The lowest BCUT2D eigenvalue weighted by atomic mass is 10.1. The van der Waals surface area contributed by atoms with E-state index in [1.54, 1.807) is 0 Å². The topological polar surface area (TPSA) is 0 Å². The van der Waals surface area contributed by atoms with Gasteiger partial charge in [0.25, 0.3) is 0 Å². The second-order valence-electron chi connectivity index (χ2n) is 4.28. The summed E-state index contributed by atoms with van der Waals surface area (Å²) >= 11 is 0. The fourth-order valence-corrected chi connectivity index (χ4v) is 1.59. The predicted octanol–water partition coefficient (Wildman–Crippen LogP) is 4.30. The van der Waals surface area contributed by atoms with E-state index in [2.05, 4.69) is 54.3 Å². The standard InChI is InChI=1S/C16H18/c1(3-6-12-16-13-14-16)2-5-9-15-10-7-4-8-11-15/h2-4,6-8,10-12,16H,5,9,13-14H2/b12-6+. The molecule has 82 valence electrons. The Kier molecular flexibility index (Phi) is 4.22. The Morgan fingerprint density at radius 2 is 2.00 bits per heavy atom. The molecule has 2 rings (SSSR count). The van der Waals surface area contributed by atoms with Crippen LogP contribution < -0.4 is 0 Å². The molecule has 0 spiro atoms. The zero-order chi connectivity index (χ0) is 11.1. The quantitative estimate of drug-likeness (QED) is 0.502. The van der Waals surface area contributed by atoms with Crippen LogP contribution in [0.4, 0.5) is 0 Å². The number of allylic oxidation sites excluding steroid dienone is 3. The summed E-state index contributed by atoms with van der Waals surface area (Å²) < 4.78 is 0.